The SMILES string of the molecule is O=S(=O)(Cc1ccccc1)N1CCC2(CCCN(Cc3nccs3)C2)C1. The molecule has 140 valence electrons. The highest BCUT2D eigenvalue weighted by Crippen LogP contribution is 2.40. The van der Waals surface area contributed by atoms with Crippen LogP contribution in [0.1, 0.15) is 29.8 Å². The summed E-state index contributed by atoms with van der Waals surface area (Å²) in [6.45, 7) is 4.26. The van der Waals surface area contributed by atoms with E-state index in [0.717, 1.165) is 49.5 Å². The summed E-state index contributed by atoms with van der Waals surface area (Å²) in [5.41, 5.74) is 0.974. The number of aromatic nitrogens is 1. The van der Waals surface area contributed by atoms with Crippen molar-refractivity contribution < 1.29 is 8.42 Å². The van der Waals surface area contributed by atoms with Gasteiger partial charge in [0.2, 0.25) is 10.0 Å². The van der Waals surface area contributed by atoms with Gasteiger partial charge in [-0.3, -0.25) is 4.90 Å². The molecule has 0 aliphatic carbocycles. The van der Waals surface area contributed by atoms with Gasteiger partial charge in [0.05, 0.1) is 12.3 Å². The van der Waals surface area contributed by atoms with E-state index in [0.29, 0.717) is 13.1 Å². The molecule has 2 aliphatic rings. The van der Waals surface area contributed by atoms with Crippen LogP contribution in [0.25, 0.3) is 0 Å². The molecule has 1 unspecified atom stereocenters. The summed E-state index contributed by atoms with van der Waals surface area (Å²) in [5, 5.41) is 3.16. The van der Waals surface area contributed by atoms with Crippen LogP contribution in [0, 0.1) is 5.41 Å². The van der Waals surface area contributed by atoms with Crippen LogP contribution in [0.15, 0.2) is 41.9 Å². The Hall–Kier alpha value is -1.28. The molecular formula is C19H25N3O2S2. The standard InChI is InChI=1S/C19H25N3O2S2/c23-26(24,14-17-5-2-1-3-6-17)22-11-8-19(16-22)7-4-10-21(15-19)13-18-20-9-12-25-18/h1-3,5-6,9,12H,4,7-8,10-11,13-16H2. The number of likely N-dealkylation sites (tertiary alicyclic amines) is 1. The topological polar surface area (TPSA) is 53.5 Å². The molecule has 0 radical (unpaired) electrons. The van der Waals surface area contributed by atoms with E-state index < -0.39 is 10.0 Å². The van der Waals surface area contributed by atoms with Crippen molar-refractivity contribution in [2.45, 2.75) is 31.6 Å². The van der Waals surface area contributed by atoms with Crippen LogP contribution < -0.4 is 0 Å². The quantitative estimate of drug-likeness (QED) is 0.786. The Morgan fingerprint density at radius 1 is 1.12 bits per heavy atom. The molecular weight excluding hydrogens is 366 g/mol. The number of nitrogens with zero attached hydrogens (tertiary/aromatic N) is 3. The first-order chi connectivity index (χ1) is 12.5. The van der Waals surface area contributed by atoms with Crippen molar-refractivity contribution in [3.8, 4) is 0 Å². The first-order valence-electron chi connectivity index (χ1n) is 9.17. The Balaban J connectivity index is 1.41. The van der Waals surface area contributed by atoms with Gasteiger partial charge in [0.25, 0.3) is 0 Å². The van der Waals surface area contributed by atoms with Crippen molar-refractivity contribution in [3.63, 3.8) is 0 Å². The molecule has 26 heavy (non-hydrogen) atoms. The summed E-state index contributed by atoms with van der Waals surface area (Å²) < 4.78 is 27.5. The van der Waals surface area contributed by atoms with Gasteiger partial charge < -0.3 is 0 Å². The summed E-state index contributed by atoms with van der Waals surface area (Å²) in [5.74, 6) is 0.104. The van der Waals surface area contributed by atoms with E-state index in [1.165, 1.54) is 0 Å². The van der Waals surface area contributed by atoms with Gasteiger partial charge in [-0.05, 0) is 36.8 Å². The average Bonchev–Trinajstić information content (AvgIpc) is 3.26. The highest BCUT2D eigenvalue weighted by molar-refractivity contribution is 7.88. The van der Waals surface area contributed by atoms with Gasteiger partial charge in [0, 0.05) is 31.2 Å². The molecule has 1 aromatic heterocycles. The van der Waals surface area contributed by atoms with Crippen LogP contribution in [-0.2, 0) is 22.3 Å². The van der Waals surface area contributed by atoms with E-state index in [1.807, 2.05) is 41.9 Å². The highest BCUT2D eigenvalue weighted by Gasteiger charge is 2.44. The third-order valence-electron chi connectivity index (χ3n) is 5.57. The third kappa shape index (κ3) is 4.01. The Kier molecular flexibility index (Phi) is 5.14. The molecule has 1 atom stereocenters. The summed E-state index contributed by atoms with van der Waals surface area (Å²) in [4.78, 5) is 6.85. The zero-order chi connectivity index (χ0) is 18.0. The molecule has 0 N–H and O–H groups in total. The van der Waals surface area contributed by atoms with Crippen molar-refractivity contribution in [2.75, 3.05) is 26.2 Å². The van der Waals surface area contributed by atoms with Crippen molar-refractivity contribution >= 4 is 21.4 Å². The zero-order valence-electron chi connectivity index (χ0n) is 14.9. The number of sulfonamides is 1. The minimum absolute atomic E-state index is 0.104. The molecule has 0 bridgehead atoms. The van der Waals surface area contributed by atoms with Gasteiger partial charge in [-0.25, -0.2) is 17.7 Å². The lowest BCUT2D eigenvalue weighted by Crippen LogP contribution is -2.45. The average molecular weight is 392 g/mol. The normalized spacial score (nSPS) is 25.1. The third-order valence-corrected chi connectivity index (χ3v) is 8.13. The molecule has 7 heteroatoms. The largest absolute Gasteiger partial charge is 0.296 e. The van der Waals surface area contributed by atoms with Gasteiger partial charge in [-0.15, -0.1) is 11.3 Å². The number of rotatable bonds is 5. The van der Waals surface area contributed by atoms with E-state index in [4.69, 9.17) is 0 Å². The molecule has 3 heterocycles. The summed E-state index contributed by atoms with van der Waals surface area (Å²) in [6, 6.07) is 9.49. The maximum atomic E-state index is 12.9. The molecule has 2 fully saturated rings. The van der Waals surface area contributed by atoms with Crippen LogP contribution in [0.3, 0.4) is 0 Å². The Bertz CT molecular complexity index is 824. The molecule has 2 saturated heterocycles. The van der Waals surface area contributed by atoms with Crippen LogP contribution in [0.2, 0.25) is 0 Å². The van der Waals surface area contributed by atoms with E-state index in [9.17, 15) is 8.42 Å². The van der Waals surface area contributed by atoms with Crippen LogP contribution >= 0.6 is 11.3 Å². The first-order valence-corrected chi connectivity index (χ1v) is 11.7. The highest BCUT2D eigenvalue weighted by atomic mass is 32.2. The molecule has 0 saturated carbocycles. The predicted octanol–water partition coefficient (Wildman–Crippen LogP) is 2.96. The lowest BCUT2D eigenvalue weighted by Gasteiger charge is -2.40. The zero-order valence-corrected chi connectivity index (χ0v) is 16.5. The molecule has 0 amide bonds. The van der Waals surface area contributed by atoms with Gasteiger partial charge >= 0.3 is 0 Å². The second-order valence-electron chi connectivity index (χ2n) is 7.57. The molecule has 5 nitrogen and oxygen atoms in total. The minimum atomic E-state index is -3.25. The fourth-order valence-corrected chi connectivity index (χ4v) is 6.60. The second-order valence-corrected chi connectivity index (χ2v) is 10.5. The Morgan fingerprint density at radius 2 is 1.96 bits per heavy atom. The van der Waals surface area contributed by atoms with Gasteiger partial charge in [0.1, 0.15) is 5.01 Å². The van der Waals surface area contributed by atoms with E-state index in [2.05, 4.69) is 9.88 Å². The lowest BCUT2D eigenvalue weighted by atomic mass is 9.79. The van der Waals surface area contributed by atoms with Crippen molar-refractivity contribution in [1.82, 2.24) is 14.2 Å². The van der Waals surface area contributed by atoms with Crippen LogP contribution in [0.4, 0.5) is 0 Å². The van der Waals surface area contributed by atoms with Crippen molar-refractivity contribution in [3.05, 3.63) is 52.5 Å². The number of thiazole rings is 1. The molecule has 1 spiro atoms. The van der Waals surface area contributed by atoms with Gasteiger partial charge in [-0.2, -0.15) is 0 Å². The Labute approximate surface area is 159 Å². The number of piperidine rings is 1. The minimum Gasteiger partial charge on any atom is -0.296 e. The summed E-state index contributed by atoms with van der Waals surface area (Å²) in [7, 11) is -3.25. The monoisotopic (exact) mass is 391 g/mol. The summed E-state index contributed by atoms with van der Waals surface area (Å²) in [6.07, 6.45) is 5.08. The smallest absolute Gasteiger partial charge is 0.218 e. The fourth-order valence-electron chi connectivity index (χ4n) is 4.31. The van der Waals surface area contributed by atoms with Crippen LogP contribution in [0.5, 0.6) is 0 Å². The Morgan fingerprint density at radius 3 is 2.73 bits per heavy atom. The number of benzene rings is 1. The number of hydrogen-bond donors (Lipinski definition) is 0. The number of hydrogen-bond acceptors (Lipinski definition) is 5. The van der Waals surface area contributed by atoms with Crippen molar-refractivity contribution in [2.24, 2.45) is 5.41 Å². The van der Waals surface area contributed by atoms with E-state index >= 15 is 0 Å². The molecule has 4 rings (SSSR count). The van der Waals surface area contributed by atoms with E-state index in [-0.39, 0.29) is 11.2 Å². The molecule has 2 aromatic rings. The lowest BCUT2D eigenvalue weighted by molar-refractivity contribution is 0.0934. The van der Waals surface area contributed by atoms with Gasteiger partial charge in [0.15, 0.2) is 0 Å². The predicted molar refractivity (Wildman–Crippen MR) is 104 cm³/mol. The van der Waals surface area contributed by atoms with Crippen LogP contribution in [-0.4, -0.2) is 48.8 Å². The first kappa shape index (κ1) is 18.1. The molecule has 2 aliphatic heterocycles. The maximum absolute atomic E-state index is 12.9. The molecule has 1 aromatic carbocycles. The van der Waals surface area contributed by atoms with Gasteiger partial charge in [-0.1, -0.05) is 30.3 Å². The maximum Gasteiger partial charge on any atom is 0.218 e. The summed E-state index contributed by atoms with van der Waals surface area (Å²) >= 11 is 1.69. The van der Waals surface area contributed by atoms with E-state index in [1.54, 1.807) is 15.6 Å². The second kappa shape index (κ2) is 7.38. The fraction of sp³-hybridized carbons (Fsp3) is 0.526. The van der Waals surface area contributed by atoms with Crippen molar-refractivity contribution in [1.29, 1.82) is 0 Å².